The highest BCUT2D eigenvalue weighted by Crippen LogP contribution is 2.96. The highest BCUT2D eigenvalue weighted by atomic mass is 32.2. The van der Waals surface area contributed by atoms with E-state index in [1.807, 2.05) is 17.8 Å². The minimum absolute atomic E-state index is 0.0509. The molecule has 0 aromatic heterocycles. The van der Waals surface area contributed by atoms with Gasteiger partial charge in [0.1, 0.15) is 5.78 Å². The van der Waals surface area contributed by atoms with E-state index < -0.39 is 5.97 Å². The highest BCUT2D eigenvalue weighted by Gasteiger charge is 2.98. The molecule has 3 aliphatic rings. The summed E-state index contributed by atoms with van der Waals surface area (Å²) in [6.45, 7) is 0. The van der Waals surface area contributed by atoms with Crippen LogP contribution in [0, 0.1) is 16.7 Å². The number of ketones is 1. The number of hydrogen-bond acceptors (Lipinski definition) is 3. The van der Waals surface area contributed by atoms with E-state index in [0.717, 1.165) is 31.4 Å². The second-order valence-electron chi connectivity index (χ2n) is 7.59. The van der Waals surface area contributed by atoms with Crippen molar-refractivity contribution in [1.29, 1.82) is 0 Å². The second kappa shape index (κ2) is 6.31. The summed E-state index contributed by atoms with van der Waals surface area (Å²) < 4.78 is 0. The number of carbonyl (C=O) groups is 2. The van der Waals surface area contributed by atoms with Gasteiger partial charge in [-0.15, -0.1) is 0 Å². The number of aliphatic carboxylic acids is 1. The van der Waals surface area contributed by atoms with Crippen LogP contribution in [-0.2, 0) is 15.3 Å². The lowest BCUT2D eigenvalue weighted by Crippen LogP contribution is -2.27. The van der Waals surface area contributed by atoms with Crippen molar-refractivity contribution in [2.24, 2.45) is 16.7 Å². The third kappa shape index (κ3) is 2.57. The zero-order valence-corrected chi connectivity index (χ0v) is 15.1. The average molecular weight is 356 g/mol. The molecular formula is C21H24O3S. The molecule has 3 fully saturated rings. The van der Waals surface area contributed by atoms with Crippen LogP contribution in [-0.4, -0.2) is 22.1 Å². The van der Waals surface area contributed by atoms with Crippen molar-refractivity contribution in [3.05, 3.63) is 48.0 Å². The second-order valence-corrected chi connectivity index (χ2v) is 8.72. The fourth-order valence-electron chi connectivity index (χ4n) is 5.17. The number of rotatable bonds is 9. The van der Waals surface area contributed by atoms with Gasteiger partial charge in [-0.2, -0.15) is 11.8 Å². The first-order chi connectivity index (χ1) is 12.1. The van der Waals surface area contributed by atoms with E-state index in [0.29, 0.717) is 28.8 Å². The third-order valence-electron chi connectivity index (χ3n) is 6.44. The molecule has 4 atom stereocenters. The van der Waals surface area contributed by atoms with E-state index in [4.69, 9.17) is 5.11 Å². The lowest BCUT2D eigenvalue weighted by Gasteiger charge is -2.24. The Hall–Kier alpha value is -1.55. The normalized spacial score (nSPS) is 34.8. The summed E-state index contributed by atoms with van der Waals surface area (Å²) in [5.74, 6) is 1.38. The Morgan fingerprint density at radius 1 is 1.28 bits per heavy atom. The lowest BCUT2D eigenvalue weighted by molar-refractivity contribution is -0.137. The van der Waals surface area contributed by atoms with Gasteiger partial charge in [0.15, 0.2) is 0 Å². The first kappa shape index (κ1) is 16.9. The number of allylic oxidation sites excluding steroid dienone is 2. The predicted octanol–water partition coefficient (Wildman–Crippen LogP) is 4.47. The smallest absolute Gasteiger partial charge is 0.303 e. The molecule has 0 bridgehead atoms. The SMILES string of the molecule is O=C(O)CCCC=CC[C@]12C(=O)CC[C@]13C(SCc1ccccc1)C32. The van der Waals surface area contributed by atoms with Crippen molar-refractivity contribution in [1.82, 2.24) is 0 Å². The molecule has 0 amide bonds. The Morgan fingerprint density at radius 2 is 2.08 bits per heavy atom. The quantitative estimate of drug-likeness (QED) is 0.524. The van der Waals surface area contributed by atoms with Crippen LogP contribution in [0.25, 0.3) is 0 Å². The maximum Gasteiger partial charge on any atom is 0.303 e. The molecule has 4 heteroatoms. The summed E-state index contributed by atoms with van der Waals surface area (Å²) in [5, 5.41) is 9.32. The molecule has 3 aliphatic carbocycles. The number of thioether (sulfide) groups is 1. The van der Waals surface area contributed by atoms with Gasteiger partial charge >= 0.3 is 5.97 Å². The Morgan fingerprint density at radius 3 is 2.80 bits per heavy atom. The largest absolute Gasteiger partial charge is 0.481 e. The maximum atomic E-state index is 12.5. The number of fused-ring (bicyclic) bond motifs is 1. The molecule has 3 nitrogen and oxygen atoms in total. The zero-order chi connectivity index (χ0) is 17.5. The van der Waals surface area contributed by atoms with E-state index in [1.54, 1.807) is 0 Å². The molecule has 0 radical (unpaired) electrons. The van der Waals surface area contributed by atoms with E-state index in [-0.39, 0.29) is 11.8 Å². The molecule has 0 aliphatic heterocycles. The van der Waals surface area contributed by atoms with E-state index in [1.165, 1.54) is 5.56 Å². The van der Waals surface area contributed by atoms with Crippen LogP contribution in [0.2, 0.25) is 0 Å². The molecule has 1 aromatic carbocycles. The first-order valence-electron chi connectivity index (χ1n) is 9.18. The number of Topliss-reactive ketones (excluding diaryl/α,β-unsaturated/α-hetero) is 1. The van der Waals surface area contributed by atoms with E-state index >= 15 is 0 Å². The van der Waals surface area contributed by atoms with Crippen molar-refractivity contribution in [3.8, 4) is 0 Å². The van der Waals surface area contributed by atoms with E-state index in [9.17, 15) is 9.59 Å². The van der Waals surface area contributed by atoms with Crippen LogP contribution in [0.5, 0.6) is 0 Å². The topological polar surface area (TPSA) is 54.4 Å². The molecule has 1 spiro atoms. The monoisotopic (exact) mass is 356 g/mol. The Bertz CT molecular complexity index is 713. The molecule has 2 unspecified atom stereocenters. The average Bonchev–Trinajstić information content (AvgIpc) is 3.42. The number of unbranched alkanes of at least 4 members (excludes halogenated alkanes) is 1. The van der Waals surface area contributed by atoms with Crippen molar-refractivity contribution in [2.75, 3.05) is 0 Å². The molecular weight excluding hydrogens is 332 g/mol. The van der Waals surface area contributed by atoms with Crippen LogP contribution >= 0.6 is 11.8 Å². The zero-order valence-electron chi connectivity index (χ0n) is 14.3. The van der Waals surface area contributed by atoms with Gasteiger partial charge in [0.05, 0.1) is 0 Å². The number of hydrogen-bond donors (Lipinski definition) is 1. The molecule has 4 rings (SSSR count). The molecule has 25 heavy (non-hydrogen) atoms. The maximum absolute atomic E-state index is 12.5. The van der Waals surface area contributed by atoms with Crippen molar-refractivity contribution >= 4 is 23.5 Å². The summed E-state index contributed by atoms with van der Waals surface area (Å²) in [5.41, 5.74) is 1.61. The van der Waals surface area contributed by atoms with Gasteiger partial charge in [-0.25, -0.2) is 0 Å². The number of carbonyl (C=O) groups excluding carboxylic acids is 1. The lowest BCUT2D eigenvalue weighted by atomic mass is 9.85. The van der Waals surface area contributed by atoms with Gasteiger partial charge in [-0.1, -0.05) is 42.5 Å². The fraction of sp³-hybridized carbons (Fsp3) is 0.524. The van der Waals surface area contributed by atoms with E-state index in [2.05, 4.69) is 36.4 Å². The minimum Gasteiger partial charge on any atom is -0.481 e. The Balaban J connectivity index is 1.29. The molecule has 132 valence electrons. The van der Waals surface area contributed by atoms with Crippen LogP contribution in [0.15, 0.2) is 42.5 Å². The Kier molecular flexibility index (Phi) is 4.27. The molecule has 1 N–H and O–H groups in total. The first-order valence-corrected chi connectivity index (χ1v) is 10.2. The summed E-state index contributed by atoms with van der Waals surface area (Å²) in [6, 6.07) is 10.6. The Labute approximate surface area is 152 Å². The molecule has 0 saturated heterocycles. The minimum atomic E-state index is -0.737. The standard InChI is InChI=1S/C21H24O3S/c22-16-11-13-21-18(19(21)25-14-15-8-4-3-5-9-15)20(16,21)12-7-2-1-6-10-17(23)24/h2-5,7-9,18-19H,1,6,10-14H2,(H,23,24)/t18?,19?,20-,21+/m1/s1. The van der Waals surface area contributed by atoms with Gasteiger partial charge in [0.2, 0.25) is 0 Å². The van der Waals surface area contributed by atoms with Crippen LogP contribution in [0.1, 0.15) is 44.1 Å². The molecule has 0 heterocycles. The molecule has 1 aromatic rings. The number of benzene rings is 1. The summed E-state index contributed by atoms with van der Waals surface area (Å²) in [7, 11) is 0. The van der Waals surface area contributed by atoms with Gasteiger partial charge < -0.3 is 5.11 Å². The third-order valence-corrected chi connectivity index (χ3v) is 7.99. The summed E-state index contributed by atoms with van der Waals surface area (Å²) in [4.78, 5) is 23.0. The van der Waals surface area contributed by atoms with Crippen molar-refractivity contribution in [2.45, 2.75) is 49.5 Å². The van der Waals surface area contributed by atoms with Gasteiger partial charge in [0.25, 0.3) is 0 Å². The van der Waals surface area contributed by atoms with Gasteiger partial charge in [0, 0.05) is 34.7 Å². The predicted molar refractivity (Wildman–Crippen MR) is 99.4 cm³/mol. The fourth-order valence-corrected chi connectivity index (χ4v) is 7.10. The highest BCUT2D eigenvalue weighted by molar-refractivity contribution is 7.99. The number of carboxylic acids is 1. The van der Waals surface area contributed by atoms with Crippen LogP contribution in [0.3, 0.4) is 0 Å². The van der Waals surface area contributed by atoms with Crippen molar-refractivity contribution < 1.29 is 14.7 Å². The van der Waals surface area contributed by atoms with Gasteiger partial charge in [-0.05, 0) is 37.2 Å². The molecule has 3 saturated carbocycles. The van der Waals surface area contributed by atoms with Gasteiger partial charge in [-0.3, -0.25) is 9.59 Å². The van der Waals surface area contributed by atoms with Crippen LogP contribution in [0.4, 0.5) is 0 Å². The number of carboxylic acid groups (broad SMARTS) is 1. The van der Waals surface area contributed by atoms with Crippen LogP contribution < -0.4 is 0 Å². The van der Waals surface area contributed by atoms with Crippen molar-refractivity contribution in [3.63, 3.8) is 0 Å². The summed E-state index contributed by atoms with van der Waals surface area (Å²) >= 11 is 2.03. The summed E-state index contributed by atoms with van der Waals surface area (Å²) in [6.07, 6.45) is 8.60.